The number of benzene rings is 1. The number of carbonyl (C=O) groups is 2. The molecule has 1 atom stereocenters. The van der Waals surface area contributed by atoms with Gasteiger partial charge in [0, 0.05) is 13.0 Å². The summed E-state index contributed by atoms with van der Waals surface area (Å²) in [6, 6.07) is 7.94. The molecule has 8 nitrogen and oxygen atoms in total. The van der Waals surface area contributed by atoms with Gasteiger partial charge in [-0.25, -0.2) is 4.73 Å². The lowest BCUT2D eigenvalue weighted by Gasteiger charge is -2.18. The Hall–Kier alpha value is -3.16. The Morgan fingerprint density at radius 3 is 2.64 bits per heavy atom. The molecule has 0 spiro atoms. The fourth-order valence-corrected chi connectivity index (χ4v) is 2.19. The van der Waals surface area contributed by atoms with Gasteiger partial charge in [0.1, 0.15) is 11.9 Å². The van der Waals surface area contributed by atoms with E-state index in [1.54, 1.807) is 31.4 Å². The first-order valence-corrected chi connectivity index (χ1v) is 7.59. The molecule has 0 bridgehead atoms. The van der Waals surface area contributed by atoms with E-state index in [-0.39, 0.29) is 24.8 Å². The maximum atomic E-state index is 12.1. The van der Waals surface area contributed by atoms with Gasteiger partial charge in [-0.2, -0.15) is 0 Å². The monoisotopic (exact) mass is 345 g/mol. The minimum absolute atomic E-state index is 0.0718. The number of amides is 1. The highest BCUT2D eigenvalue weighted by Gasteiger charge is 2.19. The Bertz CT molecular complexity index is 733. The number of ether oxygens (including phenoxy) is 2. The fraction of sp³-hybridized carbons (Fsp3) is 0.294. The van der Waals surface area contributed by atoms with Crippen molar-refractivity contribution in [2.24, 2.45) is 0 Å². The van der Waals surface area contributed by atoms with Crippen LogP contribution in [-0.4, -0.2) is 24.0 Å². The number of hydrogen-bond donors (Lipinski definition) is 1. The first kappa shape index (κ1) is 18.2. The van der Waals surface area contributed by atoms with Crippen molar-refractivity contribution in [3.63, 3.8) is 0 Å². The number of esters is 1. The summed E-state index contributed by atoms with van der Waals surface area (Å²) in [5.74, 6) is -0.0737. The summed E-state index contributed by atoms with van der Waals surface area (Å²) in [4.78, 5) is 27.3. The van der Waals surface area contributed by atoms with Crippen LogP contribution in [0.15, 0.2) is 42.7 Å². The van der Waals surface area contributed by atoms with Crippen LogP contribution in [0.3, 0.4) is 0 Å². The summed E-state index contributed by atoms with van der Waals surface area (Å²) >= 11 is 0. The van der Waals surface area contributed by atoms with E-state index in [1.807, 2.05) is 0 Å². The third-order valence-electron chi connectivity index (χ3n) is 3.41. The van der Waals surface area contributed by atoms with Crippen molar-refractivity contribution in [1.29, 1.82) is 0 Å². The normalized spacial score (nSPS) is 11.4. The second-order valence-corrected chi connectivity index (χ2v) is 5.25. The van der Waals surface area contributed by atoms with Crippen LogP contribution in [0, 0.1) is 5.21 Å². The summed E-state index contributed by atoms with van der Waals surface area (Å²) in [5.41, 5.74) is 0.740. The molecule has 25 heavy (non-hydrogen) atoms. The maximum absolute atomic E-state index is 12.1. The Kier molecular flexibility index (Phi) is 6.27. The van der Waals surface area contributed by atoms with E-state index in [4.69, 9.17) is 9.47 Å². The third-order valence-corrected chi connectivity index (χ3v) is 3.41. The summed E-state index contributed by atoms with van der Waals surface area (Å²) in [7, 11) is 1.55. The van der Waals surface area contributed by atoms with E-state index in [1.165, 1.54) is 25.4 Å². The van der Waals surface area contributed by atoms with Crippen LogP contribution in [0.4, 0.5) is 0 Å². The van der Waals surface area contributed by atoms with Crippen LogP contribution in [-0.2, 0) is 20.9 Å². The van der Waals surface area contributed by atoms with Gasteiger partial charge in [0.05, 0.1) is 25.8 Å². The summed E-state index contributed by atoms with van der Waals surface area (Å²) < 4.78 is 10.7. The Morgan fingerprint density at radius 2 is 2.04 bits per heavy atom. The number of rotatable bonds is 7. The van der Waals surface area contributed by atoms with E-state index in [2.05, 4.69) is 10.3 Å². The van der Waals surface area contributed by atoms with Crippen LogP contribution in [0.25, 0.3) is 0 Å². The topological polar surface area (TPSA) is 104 Å². The molecule has 1 aromatic heterocycles. The molecule has 0 aliphatic carbocycles. The number of hydrogen-bond acceptors (Lipinski definition) is 6. The quantitative estimate of drug-likeness (QED) is 0.457. The number of carbonyl (C=O) groups excluding carboxylic acids is 2. The number of methoxy groups -OCH3 is 1. The van der Waals surface area contributed by atoms with Crippen LogP contribution < -0.4 is 14.8 Å². The zero-order valence-electron chi connectivity index (χ0n) is 14.0. The molecule has 0 aliphatic heterocycles. The van der Waals surface area contributed by atoms with Crippen LogP contribution >= 0.6 is 0 Å². The lowest BCUT2D eigenvalue weighted by atomic mass is 10.0. The van der Waals surface area contributed by atoms with Crippen molar-refractivity contribution >= 4 is 11.9 Å². The third kappa shape index (κ3) is 5.45. The standard InChI is InChI=1S/C17H19N3O5/c1-12(21)19-15(13-4-6-14(24-2)7-5-13)10-17(22)25-11-16-18-8-3-9-20(16)23/h3-9,15H,10-11H2,1-2H3,(H,19,21). The summed E-state index contributed by atoms with van der Waals surface area (Å²) in [6.45, 7) is 1.13. The second-order valence-electron chi connectivity index (χ2n) is 5.25. The molecule has 2 rings (SSSR count). The molecule has 132 valence electrons. The Labute approximate surface area is 145 Å². The molecule has 1 N–H and O–H groups in total. The first-order chi connectivity index (χ1) is 12.0. The SMILES string of the molecule is COc1ccc(C(CC(=O)OCc2nccc[n+]2[O-])NC(C)=O)cc1. The van der Waals surface area contributed by atoms with Crippen molar-refractivity contribution in [2.45, 2.75) is 26.0 Å². The molecule has 1 heterocycles. The Balaban J connectivity index is 2.01. The molecule has 0 saturated carbocycles. The highest BCUT2D eigenvalue weighted by atomic mass is 16.5. The highest BCUT2D eigenvalue weighted by Crippen LogP contribution is 2.21. The zero-order chi connectivity index (χ0) is 18.2. The number of nitrogens with one attached hydrogen (secondary N) is 1. The molecule has 1 amide bonds. The largest absolute Gasteiger partial charge is 0.711 e. The highest BCUT2D eigenvalue weighted by molar-refractivity contribution is 5.76. The van der Waals surface area contributed by atoms with Gasteiger partial charge in [-0.05, 0) is 22.7 Å². The number of nitrogens with zero attached hydrogens (tertiary/aromatic N) is 2. The van der Waals surface area contributed by atoms with Gasteiger partial charge in [0.15, 0.2) is 6.61 Å². The van der Waals surface area contributed by atoms with Gasteiger partial charge in [0.25, 0.3) is 0 Å². The van der Waals surface area contributed by atoms with E-state index in [0.717, 1.165) is 5.56 Å². The van der Waals surface area contributed by atoms with Crippen LogP contribution in [0.2, 0.25) is 0 Å². The van der Waals surface area contributed by atoms with Crippen molar-refractivity contribution < 1.29 is 23.8 Å². The van der Waals surface area contributed by atoms with Gasteiger partial charge < -0.3 is 20.0 Å². The smallest absolute Gasteiger partial charge is 0.339 e. The van der Waals surface area contributed by atoms with E-state index < -0.39 is 12.0 Å². The summed E-state index contributed by atoms with van der Waals surface area (Å²) in [6.07, 6.45) is 2.64. The number of aromatic nitrogens is 2. The molecule has 0 aliphatic rings. The van der Waals surface area contributed by atoms with Gasteiger partial charge in [-0.15, -0.1) is 0 Å². The summed E-state index contributed by atoms with van der Waals surface area (Å²) in [5, 5.41) is 14.2. The van der Waals surface area contributed by atoms with Gasteiger partial charge in [0.2, 0.25) is 5.91 Å². The first-order valence-electron chi connectivity index (χ1n) is 7.59. The molecule has 0 radical (unpaired) electrons. The lowest BCUT2D eigenvalue weighted by Crippen LogP contribution is -2.33. The Morgan fingerprint density at radius 1 is 1.32 bits per heavy atom. The van der Waals surface area contributed by atoms with Gasteiger partial charge in [-0.3, -0.25) is 9.59 Å². The average Bonchev–Trinajstić information content (AvgIpc) is 2.60. The molecule has 1 unspecified atom stereocenters. The molecular weight excluding hydrogens is 326 g/mol. The lowest BCUT2D eigenvalue weighted by molar-refractivity contribution is -0.620. The van der Waals surface area contributed by atoms with Crippen molar-refractivity contribution in [3.05, 3.63) is 59.3 Å². The van der Waals surface area contributed by atoms with E-state index >= 15 is 0 Å². The maximum Gasteiger partial charge on any atom is 0.339 e. The average molecular weight is 345 g/mol. The van der Waals surface area contributed by atoms with Crippen LogP contribution in [0.5, 0.6) is 5.75 Å². The molecule has 1 aromatic carbocycles. The molecular formula is C17H19N3O5. The predicted molar refractivity (Wildman–Crippen MR) is 87.2 cm³/mol. The van der Waals surface area contributed by atoms with E-state index in [0.29, 0.717) is 10.5 Å². The van der Waals surface area contributed by atoms with Gasteiger partial charge in [-0.1, -0.05) is 12.1 Å². The van der Waals surface area contributed by atoms with E-state index in [9.17, 15) is 14.8 Å². The predicted octanol–water partition coefficient (Wildman–Crippen LogP) is 1.03. The molecule has 2 aromatic rings. The minimum atomic E-state index is -0.555. The van der Waals surface area contributed by atoms with Crippen LogP contribution in [0.1, 0.15) is 30.8 Å². The van der Waals surface area contributed by atoms with Crippen molar-refractivity contribution in [1.82, 2.24) is 10.3 Å². The fourth-order valence-electron chi connectivity index (χ4n) is 2.19. The molecule has 0 fully saturated rings. The molecule has 8 heteroatoms. The second kappa shape index (κ2) is 8.62. The van der Waals surface area contributed by atoms with Gasteiger partial charge >= 0.3 is 11.8 Å². The zero-order valence-corrected chi connectivity index (χ0v) is 14.0. The minimum Gasteiger partial charge on any atom is -0.711 e. The van der Waals surface area contributed by atoms with Crippen molar-refractivity contribution in [3.8, 4) is 5.75 Å². The molecule has 0 saturated heterocycles. The van der Waals surface area contributed by atoms with Crippen molar-refractivity contribution in [2.75, 3.05) is 7.11 Å².